The molecule has 16 aliphatic carbocycles. The highest BCUT2D eigenvalue weighted by atomic mass is 16.5. The zero-order chi connectivity index (χ0) is 62.3. The Kier molecular flexibility index (Phi) is 10.4. The maximum atomic E-state index is 6.82. The van der Waals surface area contributed by atoms with Gasteiger partial charge < -0.3 is 28.9 Å². The molecule has 2 aliphatic heterocycles. The number of ether oxygens (including phenoxy) is 4. The number of rotatable bonds is 8. The topological polar surface area (TPSA) is 94.3 Å². The largest absolute Gasteiger partial charge is 0.496 e. The second-order valence-electron chi connectivity index (χ2n) is 34.4. The third-order valence-electron chi connectivity index (χ3n) is 31.0. The highest BCUT2D eigenvalue weighted by Crippen LogP contribution is 2.73. The number of aromatic nitrogens is 4. The van der Waals surface area contributed by atoms with Crippen LogP contribution >= 0.6 is 0 Å². The van der Waals surface area contributed by atoms with Gasteiger partial charge in [0.15, 0.2) is 0 Å². The van der Waals surface area contributed by atoms with E-state index in [0.717, 1.165) is 22.8 Å². The molecule has 0 amide bonds. The van der Waals surface area contributed by atoms with Crippen molar-refractivity contribution in [2.75, 3.05) is 28.4 Å². The van der Waals surface area contributed by atoms with Gasteiger partial charge in [-0.1, -0.05) is 0 Å². The molecule has 18 aliphatic rings. The molecule has 0 saturated heterocycles. The van der Waals surface area contributed by atoms with E-state index in [0.29, 0.717) is 94.7 Å². The molecule has 25 rings (SSSR count). The fourth-order valence-electron chi connectivity index (χ4n) is 28.1. The number of aromatic amines is 2. The zero-order valence-corrected chi connectivity index (χ0v) is 56.4. The Hall–Kier alpha value is -7.32. The Morgan fingerprint density at radius 3 is 0.542 bits per heavy atom. The molecule has 8 nitrogen and oxygen atoms in total. The number of H-pyrrole nitrogens is 2. The summed E-state index contributed by atoms with van der Waals surface area (Å²) in [6, 6.07) is 10.1. The quantitative estimate of drug-likeness (QED) is 0.157. The van der Waals surface area contributed by atoms with Gasteiger partial charge in [-0.05, 0) is 364 Å². The maximum absolute atomic E-state index is 6.82. The van der Waals surface area contributed by atoms with Gasteiger partial charge in [-0.25, -0.2) is 9.97 Å². The highest BCUT2D eigenvalue weighted by Gasteiger charge is 2.55. The van der Waals surface area contributed by atoms with Crippen LogP contribution in [0.3, 0.4) is 0 Å². The normalized spacial score (nSPS) is 32.5. The van der Waals surface area contributed by atoms with Gasteiger partial charge in [0.25, 0.3) is 0 Å². The summed E-state index contributed by atoms with van der Waals surface area (Å²) in [5.41, 5.74) is 45.7. The highest BCUT2D eigenvalue weighted by molar-refractivity contribution is 6.05. The second kappa shape index (κ2) is 18.5. The first kappa shape index (κ1) is 53.7. The molecule has 0 spiro atoms. The van der Waals surface area contributed by atoms with Gasteiger partial charge in [-0.3, -0.25) is 0 Å². The minimum atomic E-state index is 0.512. The van der Waals surface area contributed by atoms with Gasteiger partial charge in [0.1, 0.15) is 23.0 Å². The van der Waals surface area contributed by atoms with E-state index in [4.69, 9.17) is 28.9 Å². The molecule has 0 radical (unpaired) electrons. The number of benzene rings is 4. The third-order valence-corrected chi connectivity index (χ3v) is 31.0. The summed E-state index contributed by atoms with van der Waals surface area (Å²) in [6.07, 6.45) is 39.9. The molecule has 96 heavy (non-hydrogen) atoms. The minimum Gasteiger partial charge on any atom is -0.496 e. The molecule has 16 atom stereocenters. The molecule has 8 fully saturated rings. The van der Waals surface area contributed by atoms with Crippen molar-refractivity contribution >= 4 is 46.4 Å². The van der Waals surface area contributed by atoms with Crippen molar-refractivity contribution < 1.29 is 18.9 Å². The van der Waals surface area contributed by atoms with Crippen LogP contribution in [0.1, 0.15) is 361 Å². The number of fused-ring (bicyclic) bond motifs is 48. The Balaban J connectivity index is 0.878. The average Bonchev–Trinajstić information content (AvgIpc) is 1.54. The van der Waals surface area contributed by atoms with Crippen molar-refractivity contribution in [1.29, 1.82) is 0 Å². The fraction of sp³-hybridized carbons (Fsp3) is 0.500. The van der Waals surface area contributed by atoms with Crippen molar-refractivity contribution in [1.82, 2.24) is 19.9 Å². The van der Waals surface area contributed by atoms with Crippen LogP contribution in [0, 0.1) is 0 Å². The number of methoxy groups -OCH3 is 4. The predicted octanol–water partition coefficient (Wildman–Crippen LogP) is 22.3. The van der Waals surface area contributed by atoms with E-state index in [9.17, 15) is 0 Å². The lowest BCUT2D eigenvalue weighted by Crippen LogP contribution is -2.13. The Morgan fingerprint density at radius 2 is 0.385 bits per heavy atom. The van der Waals surface area contributed by atoms with E-state index in [-0.39, 0.29) is 0 Å². The summed E-state index contributed by atoms with van der Waals surface area (Å²) in [4.78, 5) is 21.9. The average molecular weight is 1260 g/mol. The molecule has 8 saturated carbocycles. The molecular formula is C88H86N4O4. The van der Waals surface area contributed by atoms with Crippen LogP contribution in [0.2, 0.25) is 0 Å². The summed E-state index contributed by atoms with van der Waals surface area (Å²) in [7, 11) is 7.99. The SMILES string of the molecule is COc1c2c(c(-c3c4nc(c(-c5c6c(c(OC)c7c5C5CCC7C5)C5CCC6C5)c5ccc([nH]5)c(-c5c6c(c(OC)c7c5C5CCC7C5)C5CCC6C5)c5nc(c(-c6c7c(c(OC)c8c6C6CCC8C6)C6CCC7C6)c6ccc3[nH]6)C=C5)C=C4)c3c1C1CCC3C1)C1CCC2C1. The lowest BCUT2D eigenvalue weighted by atomic mass is 9.76. The number of hydrogen-bond donors (Lipinski definition) is 2. The lowest BCUT2D eigenvalue weighted by molar-refractivity contribution is 0.397. The van der Waals surface area contributed by atoms with Gasteiger partial charge in [-0.15, -0.1) is 0 Å². The smallest absolute Gasteiger partial charge is 0.126 e. The minimum absolute atomic E-state index is 0.512. The monoisotopic (exact) mass is 1260 g/mol. The lowest BCUT2D eigenvalue weighted by Gasteiger charge is -2.31. The fourth-order valence-corrected chi connectivity index (χ4v) is 28.1. The van der Waals surface area contributed by atoms with Crippen LogP contribution in [0.4, 0.5) is 0 Å². The van der Waals surface area contributed by atoms with E-state index in [1.165, 1.54) is 244 Å². The van der Waals surface area contributed by atoms with Gasteiger partial charge >= 0.3 is 0 Å². The van der Waals surface area contributed by atoms with Gasteiger partial charge in [0, 0.05) is 88.8 Å². The number of nitrogens with one attached hydrogen (secondary N) is 2. The maximum Gasteiger partial charge on any atom is 0.126 e. The molecule has 8 heteroatoms. The van der Waals surface area contributed by atoms with Gasteiger partial charge in [-0.2, -0.15) is 0 Å². The zero-order valence-electron chi connectivity index (χ0n) is 56.4. The molecule has 24 bridgehead atoms. The molecule has 2 N–H and O–H groups in total. The first-order valence-electron chi connectivity index (χ1n) is 38.7. The van der Waals surface area contributed by atoms with Crippen LogP contribution in [-0.4, -0.2) is 48.4 Å². The summed E-state index contributed by atoms with van der Waals surface area (Å²) in [5, 5.41) is 0. The predicted molar refractivity (Wildman–Crippen MR) is 381 cm³/mol. The van der Waals surface area contributed by atoms with E-state index < -0.39 is 0 Å². The van der Waals surface area contributed by atoms with Crippen LogP contribution in [-0.2, 0) is 0 Å². The Morgan fingerprint density at radius 1 is 0.229 bits per heavy atom. The van der Waals surface area contributed by atoms with E-state index >= 15 is 0 Å². The summed E-state index contributed by atoms with van der Waals surface area (Å²) in [6.45, 7) is 0. The number of hydrogen-bond acceptors (Lipinski definition) is 6. The van der Waals surface area contributed by atoms with Crippen LogP contribution in [0.5, 0.6) is 23.0 Å². The van der Waals surface area contributed by atoms with Crippen LogP contribution < -0.4 is 18.9 Å². The molecule has 3 aromatic heterocycles. The van der Waals surface area contributed by atoms with Crippen molar-refractivity contribution in [2.24, 2.45) is 0 Å². The molecule has 5 heterocycles. The Bertz CT molecular complexity index is 4310. The molecular weight excluding hydrogens is 1180 g/mol. The first-order chi connectivity index (χ1) is 47.4. The van der Waals surface area contributed by atoms with E-state index in [1.807, 2.05) is 28.4 Å². The molecule has 16 unspecified atom stereocenters. The Labute approximate surface area is 562 Å². The standard InChI is InChI=1S/C88H86N4O4/c1-93-85-69-45-13-5-37(29-45)61(69)81(62-38-6-14-46(30-38)70(62)85)77-53-21-23-55(89-53)78(82-63-39-7-15-47(31-39)71(63)86(94-2)72-48-16-8-40(32-48)64(72)82)57-25-27-59(91-57)80(84-67-43-11-19-51(35-43)75(67)88(96-4)76-52-20-12-44(36-52)68(76)84)60-28-26-58(92-60)79(56-24-22-54(77)90-56)83-65-41-9-17-49(33-41)73(65)87(95-3)74-50-18-10-42(34-50)66(74)83/h21-28,37-52,89,92H,5-20,29-36H2,1-4H3. The van der Waals surface area contributed by atoms with Crippen LogP contribution in [0.25, 0.3) is 90.9 Å². The van der Waals surface area contributed by atoms with Gasteiger partial charge in [0.05, 0.1) is 51.2 Å². The van der Waals surface area contributed by atoms with Crippen molar-refractivity contribution in [3.05, 3.63) is 136 Å². The van der Waals surface area contributed by atoms with Gasteiger partial charge in [0.2, 0.25) is 0 Å². The van der Waals surface area contributed by atoms with Crippen LogP contribution in [0.15, 0.2) is 24.3 Å². The molecule has 7 aromatic rings. The second-order valence-corrected chi connectivity index (χ2v) is 34.4. The van der Waals surface area contributed by atoms with E-state index in [1.54, 1.807) is 89.0 Å². The molecule has 4 aromatic carbocycles. The van der Waals surface area contributed by atoms with Crippen molar-refractivity contribution in [3.8, 4) is 67.5 Å². The number of nitrogens with zero attached hydrogens (tertiary/aromatic N) is 2. The first-order valence-corrected chi connectivity index (χ1v) is 38.7. The molecule has 482 valence electrons. The van der Waals surface area contributed by atoms with Crippen molar-refractivity contribution in [2.45, 2.75) is 249 Å². The van der Waals surface area contributed by atoms with Crippen molar-refractivity contribution in [3.63, 3.8) is 0 Å². The summed E-state index contributed by atoms with van der Waals surface area (Å²) in [5.74, 6) is 13.4. The third kappa shape index (κ3) is 6.35. The summed E-state index contributed by atoms with van der Waals surface area (Å²) < 4.78 is 27.3. The summed E-state index contributed by atoms with van der Waals surface area (Å²) >= 11 is 0. The van der Waals surface area contributed by atoms with E-state index in [2.05, 4.69) is 58.5 Å².